The van der Waals surface area contributed by atoms with E-state index in [0.29, 0.717) is 24.0 Å². The van der Waals surface area contributed by atoms with Gasteiger partial charge in [-0.25, -0.2) is 0 Å². The van der Waals surface area contributed by atoms with Gasteiger partial charge in [0.1, 0.15) is 0 Å². The Kier molecular flexibility index (Phi) is 40.3. The molecule has 7 heteroatoms. The van der Waals surface area contributed by atoms with Crippen molar-refractivity contribution >= 4 is 8.41 Å². The average Bonchev–Trinajstić information content (AvgIpc) is 3.39. The standard InChI is InChI=1S/C8H16.3C7H15NO.C2H6.3CH4.B/c1-8-6-4-2-3-5-7-8;1-7(2)3-4-8-5-6-9-7;2*1-6-5-8-3-4-9-7(6)2;1-2;;;;/h8H,2-7H2,1H3;8H,3-6H2,1-2H3;2*6-8H,3-5H2,1-2H3;1-2H3;3*1H4;. The van der Waals surface area contributed by atoms with Gasteiger partial charge in [0.2, 0.25) is 0 Å². The smallest absolute Gasteiger partial charge is 0.0639 e. The molecule has 3 radical (unpaired) electrons. The molecule has 41 heavy (non-hydrogen) atoms. The summed E-state index contributed by atoms with van der Waals surface area (Å²) in [5.41, 5.74) is 0.101. The zero-order chi connectivity index (χ0) is 27.9. The molecular formula is C34H79BN3O3. The highest BCUT2D eigenvalue weighted by Gasteiger charge is 2.19. The highest BCUT2D eigenvalue weighted by Crippen LogP contribution is 2.21. The lowest BCUT2D eigenvalue weighted by Crippen LogP contribution is -2.24. The molecule has 4 fully saturated rings. The van der Waals surface area contributed by atoms with E-state index in [1.807, 2.05) is 13.8 Å². The minimum Gasteiger partial charge on any atom is -0.377 e. The summed E-state index contributed by atoms with van der Waals surface area (Å²) in [7, 11) is 0. The van der Waals surface area contributed by atoms with Crippen LogP contribution >= 0.6 is 0 Å². The van der Waals surface area contributed by atoms with Gasteiger partial charge in [-0.05, 0) is 58.4 Å². The monoisotopic (exact) mass is 589 g/mol. The van der Waals surface area contributed by atoms with E-state index in [-0.39, 0.29) is 36.3 Å². The van der Waals surface area contributed by atoms with Gasteiger partial charge in [0.05, 0.1) is 37.6 Å². The fourth-order valence-corrected chi connectivity index (χ4v) is 4.42. The Morgan fingerprint density at radius 1 is 0.585 bits per heavy atom. The van der Waals surface area contributed by atoms with Gasteiger partial charge >= 0.3 is 0 Å². The summed E-state index contributed by atoms with van der Waals surface area (Å²) in [6.45, 7) is 28.2. The van der Waals surface area contributed by atoms with E-state index < -0.39 is 0 Å². The summed E-state index contributed by atoms with van der Waals surface area (Å²) in [6.07, 6.45) is 10.9. The van der Waals surface area contributed by atoms with Crippen LogP contribution in [0.1, 0.15) is 130 Å². The third kappa shape index (κ3) is 29.7. The quantitative estimate of drug-likeness (QED) is 0.200. The Morgan fingerprint density at radius 3 is 1.44 bits per heavy atom. The Morgan fingerprint density at radius 2 is 1.00 bits per heavy atom. The van der Waals surface area contributed by atoms with Crippen LogP contribution in [-0.2, 0) is 14.2 Å². The van der Waals surface area contributed by atoms with Crippen molar-refractivity contribution in [2.24, 2.45) is 17.8 Å². The fourth-order valence-electron chi connectivity index (χ4n) is 4.42. The van der Waals surface area contributed by atoms with Gasteiger partial charge in [-0.1, -0.05) is 95.4 Å². The third-order valence-corrected chi connectivity index (χ3v) is 7.67. The van der Waals surface area contributed by atoms with Crippen molar-refractivity contribution in [1.82, 2.24) is 16.0 Å². The van der Waals surface area contributed by atoms with Crippen molar-refractivity contribution in [3.8, 4) is 0 Å². The normalized spacial score (nSPS) is 27.7. The SMILES string of the molecule is C.C.C.CC.CC1(C)CCNCCO1.CC1CCCCCC1.CC1CNCCOC1C.CC1CNCCOC1C.[B]. The van der Waals surface area contributed by atoms with Crippen LogP contribution in [-0.4, -0.2) is 85.3 Å². The molecule has 0 amide bonds. The van der Waals surface area contributed by atoms with E-state index in [2.05, 4.69) is 64.4 Å². The second-order valence-corrected chi connectivity index (χ2v) is 11.7. The number of hydrogen-bond donors (Lipinski definition) is 3. The predicted molar refractivity (Wildman–Crippen MR) is 187 cm³/mol. The lowest BCUT2D eigenvalue weighted by Gasteiger charge is -2.21. The summed E-state index contributed by atoms with van der Waals surface area (Å²) in [6, 6.07) is 0. The maximum Gasteiger partial charge on any atom is 0.0639 e. The van der Waals surface area contributed by atoms with Crippen molar-refractivity contribution in [2.45, 2.75) is 147 Å². The first-order valence-corrected chi connectivity index (χ1v) is 15.7. The molecule has 0 bridgehead atoms. The summed E-state index contributed by atoms with van der Waals surface area (Å²) in [5, 5.41) is 9.88. The van der Waals surface area contributed by atoms with Gasteiger partial charge in [0.25, 0.3) is 0 Å². The van der Waals surface area contributed by atoms with E-state index in [9.17, 15) is 0 Å². The van der Waals surface area contributed by atoms with Gasteiger partial charge < -0.3 is 30.2 Å². The lowest BCUT2D eigenvalue weighted by molar-refractivity contribution is -0.00782. The van der Waals surface area contributed by atoms with Crippen LogP contribution in [0.4, 0.5) is 0 Å². The Balaban J connectivity index is -0.000000133. The van der Waals surface area contributed by atoms with Gasteiger partial charge in [-0.3, -0.25) is 0 Å². The molecule has 4 atom stereocenters. The van der Waals surface area contributed by atoms with Crippen LogP contribution in [0, 0.1) is 17.8 Å². The first-order valence-electron chi connectivity index (χ1n) is 15.7. The second-order valence-electron chi connectivity index (χ2n) is 11.7. The lowest BCUT2D eigenvalue weighted by atomic mass is 10.0. The molecular weight excluding hydrogens is 509 g/mol. The molecule has 251 valence electrons. The summed E-state index contributed by atoms with van der Waals surface area (Å²) in [4.78, 5) is 0. The minimum atomic E-state index is 0. The zero-order valence-electron chi connectivity index (χ0n) is 27.0. The molecule has 0 spiro atoms. The van der Waals surface area contributed by atoms with Gasteiger partial charge in [-0.2, -0.15) is 0 Å². The number of hydrogen-bond acceptors (Lipinski definition) is 6. The van der Waals surface area contributed by atoms with E-state index in [4.69, 9.17) is 14.2 Å². The van der Waals surface area contributed by atoms with Crippen molar-refractivity contribution in [2.75, 3.05) is 59.1 Å². The summed E-state index contributed by atoms with van der Waals surface area (Å²) >= 11 is 0. The highest BCUT2D eigenvalue weighted by atomic mass is 16.5. The molecule has 0 aromatic carbocycles. The van der Waals surface area contributed by atoms with Crippen LogP contribution in [0.2, 0.25) is 0 Å². The van der Waals surface area contributed by atoms with E-state index >= 15 is 0 Å². The topological polar surface area (TPSA) is 63.8 Å². The molecule has 4 aliphatic rings. The Hall–Kier alpha value is -0.175. The molecule has 3 N–H and O–H groups in total. The second kappa shape index (κ2) is 32.7. The Labute approximate surface area is 262 Å². The molecule has 0 aromatic rings. The predicted octanol–water partition coefficient (Wildman–Crippen LogP) is 7.57. The molecule has 0 aromatic heterocycles. The van der Waals surface area contributed by atoms with Crippen LogP contribution in [0.15, 0.2) is 0 Å². The molecule has 4 unspecified atom stereocenters. The van der Waals surface area contributed by atoms with Crippen LogP contribution in [0.25, 0.3) is 0 Å². The van der Waals surface area contributed by atoms with Gasteiger partial charge in [0.15, 0.2) is 0 Å². The van der Waals surface area contributed by atoms with Crippen molar-refractivity contribution in [3.05, 3.63) is 0 Å². The number of nitrogens with one attached hydrogen (secondary N) is 3. The fraction of sp³-hybridized carbons (Fsp3) is 1.00. The number of ether oxygens (including phenoxy) is 3. The van der Waals surface area contributed by atoms with E-state index in [0.717, 1.165) is 71.4 Å². The molecule has 6 nitrogen and oxygen atoms in total. The van der Waals surface area contributed by atoms with Gasteiger partial charge in [-0.15, -0.1) is 0 Å². The molecule has 3 saturated heterocycles. The average molecular weight is 589 g/mol. The van der Waals surface area contributed by atoms with Crippen LogP contribution < -0.4 is 16.0 Å². The molecule has 1 aliphatic carbocycles. The first-order chi connectivity index (χ1) is 17.7. The molecule has 3 aliphatic heterocycles. The first kappa shape index (κ1) is 50.5. The Bertz CT molecular complexity index is 440. The third-order valence-electron chi connectivity index (χ3n) is 7.67. The summed E-state index contributed by atoms with van der Waals surface area (Å²) < 4.78 is 16.4. The molecule has 1 saturated carbocycles. The maximum absolute atomic E-state index is 5.53. The highest BCUT2D eigenvalue weighted by molar-refractivity contribution is 5.75. The summed E-state index contributed by atoms with van der Waals surface area (Å²) in [5.74, 6) is 2.34. The maximum atomic E-state index is 5.53. The minimum absolute atomic E-state index is 0. The van der Waals surface area contributed by atoms with E-state index in [1.54, 1.807) is 0 Å². The number of rotatable bonds is 0. The molecule has 3 heterocycles. The zero-order valence-corrected chi connectivity index (χ0v) is 27.0. The van der Waals surface area contributed by atoms with Crippen LogP contribution in [0.5, 0.6) is 0 Å². The van der Waals surface area contributed by atoms with Crippen molar-refractivity contribution in [3.63, 3.8) is 0 Å². The van der Waals surface area contributed by atoms with Crippen LogP contribution in [0.3, 0.4) is 0 Å². The van der Waals surface area contributed by atoms with E-state index in [1.165, 1.54) is 38.5 Å². The van der Waals surface area contributed by atoms with Gasteiger partial charge in [0, 0.05) is 41.1 Å². The molecule has 4 rings (SSSR count). The van der Waals surface area contributed by atoms with Crippen molar-refractivity contribution in [1.29, 1.82) is 0 Å². The largest absolute Gasteiger partial charge is 0.377 e. The van der Waals surface area contributed by atoms with Crippen molar-refractivity contribution < 1.29 is 14.2 Å².